The first-order valence-electron chi connectivity index (χ1n) is 5.72. The summed E-state index contributed by atoms with van der Waals surface area (Å²) in [6, 6.07) is 10.4. The van der Waals surface area contributed by atoms with Gasteiger partial charge in [-0.1, -0.05) is 18.2 Å². The molecule has 0 saturated heterocycles. The van der Waals surface area contributed by atoms with Crippen molar-refractivity contribution in [2.45, 2.75) is 17.6 Å². The Labute approximate surface area is 111 Å². The molecular formula is C14H14FNO2S. The quantitative estimate of drug-likeness (QED) is 0.879. The Morgan fingerprint density at radius 1 is 1.16 bits per heavy atom. The fourth-order valence-electron chi connectivity index (χ4n) is 1.75. The molecule has 5 heteroatoms. The number of rotatable bonds is 3. The van der Waals surface area contributed by atoms with Gasteiger partial charge < -0.3 is 5.73 Å². The highest BCUT2D eigenvalue weighted by molar-refractivity contribution is 7.90. The van der Waals surface area contributed by atoms with Gasteiger partial charge in [-0.15, -0.1) is 0 Å². The van der Waals surface area contributed by atoms with Crippen LogP contribution >= 0.6 is 0 Å². The van der Waals surface area contributed by atoms with Crippen LogP contribution in [-0.4, -0.2) is 8.42 Å². The number of aryl methyl sites for hydroxylation is 1. The van der Waals surface area contributed by atoms with Gasteiger partial charge in [-0.25, -0.2) is 12.8 Å². The van der Waals surface area contributed by atoms with Crippen molar-refractivity contribution in [2.75, 3.05) is 5.73 Å². The largest absolute Gasteiger partial charge is 0.399 e. The third-order valence-corrected chi connectivity index (χ3v) is 4.57. The van der Waals surface area contributed by atoms with Crippen molar-refractivity contribution in [1.29, 1.82) is 0 Å². The van der Waals surface area contributed by atoms with Crippen LogP contribution in [0.15, 0.2) is 47.4 Å². The van der Waals surface area contributed by atoms with Gasteiger partial charge in [0.15, 0.2) is 9.84 Å². The summed E-state index contributed by atoms with van der Waals surface area (Å²) in [5.41, 5.74) is 7.04. The maximum atomic E-state index is 13.5. The van der Waals surface area contributed by atoms with Gasteiger partial charge in [0.2, 0.25) is 0 Å². The van der Waals surface area contributed by atoms with Crippen LogP contribution in [-0.2, 0) is 15.6 Å². The molecule has 0 aliphatic carbocycles. The molecule has 2 aromatic rings. The minimum absolute atomic E-state index is 0.155. The number of sulfone groups is 1. The van der Waals surface area contributed by atoms with Gasteiger partial charge in [-0.2, -0.15) is 0 Å². The lowest BCUT2D eigenvalue weighted by molar-refractivity contribution is 0.587. The van der Waals surface area contributed by atoms with E-state index in [-0.39, 0.29) is 16.2 Å². The van der Waals surface area contributed by atoms with E-state index in [0.29, 0.717) is 11.3 Å². The number of benzene rings is 2. The van der Waals surface area contributed by atoms with E-state index in [1.807, 2.05) is 0 Å². The molecule has 2 rings (SSSR count). The standard InChI is InChI=1S/C14H14FNO2S/c1-10-8-12(6-7-14(10)16)19(17,18)9-11-4-2-3-5-13(11)15/h2-8H,9,16H2,1H3. The van der Waals surface area contributed by atoms with E-state index in [1.54, 1.807) is 19.1 Å². The van der Waals surface area contributed by atoms with Gasteiger partial charge in [-0.05, 0) is 36.8 Å². The van der Waals surface area contributed by atoms with E-state index < -0.39 is 15.7 Å². The van der Waals surface area contributed by atoms with Crippen molar-refractivity contribution >= 4 is 15.5 Å². The fraction of sp³-hybridized carbons (Fsp3) is 0.143. The first kappa shape index (κ1) is 13.5. The molecule has 0 aromatic heterocycles. The number of nitrogen functional groups attached to an aromatic ring is 1. The summed E-state index contributed by atoms with van der Waals surface area (Å²) in [7, 11) is -3.57. The molecule has 2 N–H and O–H groups in total. The highest BCUT2D eigenvalue weighted by Gasteiger charge is 2.17. The first-order valence-corrected chi connectivity index (χ1v) is 7.37. The normalized spacial score (nSPS) is 11.5. The van der Waals surface area contributed by atoms with Gasteiger partial charge in [0.1, 0.15) is 5.82 Å². The molecule has 0 heterocycles. The fourth-order valence-corrected chi connectivity index (χ4v) is 3.19. The summed E-state index contributed by atoms with van der Waals surface area (Å²) in [5, 5.41) is 0. The van der Waals surface area contributed by atoms with E-state index >= 15 is 0 Å². The van der Waals surface area contributed by atoms with E-state index in [0.717, 1.165) is 0 Å². The Hall–Kier alpha value is -1.88. The SMILES string of the molecule is Cc1cc(S(=O)(=O)Cc2ccccc2F)ccc1N. The van der Waals surface area contributed by atoms with Gasteiger partial charge in [-0.3, -0.25) is 0 Å². The zero-order chi connectivity index (χ0) is 14.0. The highest BCUT2D eigenvalue weighted by atomic mass is 32.2. The zero-order valence-corrected chi connectivity index (χ0v) is 11.2. The molecule has 0 bridgehead atoms. The predicted octanol–water partition coefficient (Wildman–Crippen LogP) is 2.69. The van der Waals surface area contributed by atoms with E-state index in [9.17, 15) is 12.8 Å². The van der Waals surface area contributed by atoms with Gasteiger partial charge in [0.25, 0.3) is 0 Å². The van der Waals surface area contributed by atoms with Gasteiger partial charge in [0, 0.05) is 11.3 Å². The maximum Gasteiger partial charge on any atom is 0.182 e. The van der Waals surface area contributed by atoms with E-state index in [4.69, 9.17) is 5.73 Å². The van der Waals surface area contributed by atoms with Crippen molar-refractivity contribution in [2.24, 2.45) is 0 Å². The van der Waals surface area contributed by atoms with Crippen molar-refractivity contribution in [3.63, 3.8) is 0 Å². The summed E-state index contributed by atoms with van der Waals surface area (Å²) in [6.45, 7) is 1.73. The molecule has 3 nitrogen and oxygen atoms in total. The third-order valence-electron chi connectivity index (χ3n) is 2.90. The molecule has 0 aliphatic rings. The van der Waals surface area contributed by atoms with Crippen LogP contribution in [0.5, 0.6) is 0 Å². The number of halogens is 1. The predicted molar refractivity (Wildman–Crippen MR) is 72.9 cm³/mol. The smallest absolute Gasteiger partial charge is 0.182 e. The van der Waals surface area contributed by atoms with Crippen molar-refractivity contribution in [3.05, 3.63) is 59.4 Å². The topological polar surface area (TPSA) is 60.2 Å². The second-order valence-corrected chi connectivity index (χ2v) is 6.36. The van der Waals surface area contributed by atoms with Crippen LogP contribution in [0.25, 0.3) is 0 Å². The highest BCUT2D eigenvalue weighted by Crippen LogP contribution is 2.21. The lowest BCUT2D eigenvalue weighted by Crippen LogP contribution is -2.07. The molecule has 19 heavy (non-hydrogen) atoms. The molecule has 0 aliphatic heterocycles. The Morgan fingerprint density at radius 2 is 1.84 bits per heavy atom. The third kappa shape index (κ3) is 2.93. The van der Waals surface area contributed by atoms with Gasteiger partial charge in [0.05, 0.1) is 10.6 Å². The monoisotopic (exact) mass is 279 g/mol. The molecule has 0 saturated carbocycles. The van der Waals surface area contributed by atoms with Crippen molar-refractivity contribution < 1.29 is 12.8 Å². The Morgan fingerprint density at radius 3 is 2.47 bits per heavy atom. The molecule has 100 valence electrons. The number of hydrogen-bond acceptors (Lipinski definition) is 3. The summed E-state index contributed by atoms with van der Waals surface area (Å²) in [4.78, 5) is 0.155. The average molecular weight is 279 g/mol. The van der Waals surface area contributed by atoms with E-state index in [2.05, 4.69) is 0 Å². The zero-order valence-electron chi connectivity index (χ0n) is 10.4. The van der Waals surface area contributed by atoms with Crippen molar-refractivity contribution in [3.8, 4) is 0 Å². The van der Waals surface area contributed by atoms with Crippen LogP contribution < -0.4 is 5.73 Å². The molecule has 0 amide bonds. The summed E-state index contributed by atoms with van der Waals surface area (Å²) in [6.07, 6.45) is 0. The Balaban J connectivity index is 2.38. The second kappa shape index (κ2) is 5.01. The molecule has 0 fully saturated rings. The maximum absolute atomic E-state index is 13.5. The molecule has 0 spiro atoms. The summed E-state index contributed by atoms with van der Waals surface area (Å²) >= 11 is 0. The van der Waals surface area contributed by atoms with Crippen LogP contribution in [0.4, 0.5) is 10.1 Å². The summed E-state index contributed by atoms with van der Waals surface area (Å²) in [5.74, 6) is -0.874. The molecule has 0 atom stereocenters. The first-order chi connectivity index (χ1) is 8.90. The van der Waals surface area contributed by atoms with Crippen LogP contribution in [0.1, 0.15) is 11.1 Å². The van der Waals surface area contributed by atoms with Crippen LogP contribution in [0.3, 0.4) is 0 Å². The summed E-state index contributed by atoms with van der Waals surface area (Å²) < 4.78 is 37.9. The number of nitrogens with two attached hydrogens (primary N) is 1. The second-order valence-electron chi connectivity index (χ2n) is 4.37. The minimum atomic E-state index is -3.57. The molecular weight excluding hydrogens is 265 g/mol. The van der Waals surface area contributed by atoms with E-state index in [1.165, 1.54) is 30.3 Å². The van der Waals surface area contributed by atoms with Crippen molar-refractivity contribution in [1.82, 2.24) is 0 Å². The Bertz CT molecular complexity index is 711. The molecule has 0 radical (unpaired) electrons. The number of hydrogen-bond donors (Lipinski definition) is 1. The lowest BCUT2D eigenvalue weighted by Gasteiger charge is -2.07. The number of anilines is 1. The minimum Gasteiger partial charge on any atom is -0.399 e. The molecule has 2 aromatic carbocycles. The van der Waals surface area contributed by atoms with Crippen LogP contribution in [0, 0.1) is 12.7 Å². The Kier molecular flexibility index (Phi) is 3.57. The average Bonchev–Trinajstić information content (AvgIpc) is 2.35. The molecule has 0 unspecified atom stereocenters. The lowest BCUT2D eigenvalue weighted by atomic mass is 10.2. The van der Waals surface area contributed by atoms with Gasteiger partial charge >= 0.3 is 0 Å². The van der Waals surface area contributed by atoms with Crippen LogP contribution in [0.2, 0.25) is 0 Å².